The summed E-state index contributed by atoms with van der Waals surface area (Å²) in [5, 5.41) is 3.59. The van der Waals surface area contributed by atoms with Gasteiger partial charge in [-0.15, -0.1) is 0 Å². The van der Waals surface area contributed by atoms with E-state index >= 15 is 0 Å². The predicted octanol–water partition coefficient (Wildman–Crippen LogP) is 2.71. The van der Waals surface area contributed by atoms with Crippen LogP contribution in [0.5, 0.6) is 0 Å². The van der Waals surface area contributed by atoms with Crippen molar-refractivity contribution in [3.05, 3.63) is 0 Å². The Labute approximate surface area is 100 Å². The van der Waals surface area contributed by atoms with E-state index in [4.69, 9.17) is 0 Å². The van der Waals surface area contributed by atoms with Crippen molar-refractivity contribution in [3.8, 4) is 0 Å². The molecule has 0 aromatic rings. The maximum absolute atomic E-state index is 11.4. The first-order chi connectivity index (χ1) is 6.91. The Bertz CT molecular complexity index is 289. The van der Waals surface area contributed by atoms with Crippen LogP contribution in [0, 0.1) is 16.7 Å². The monoisotopic (exact) mass is 273 g/mol. The van der Waals surface area contributed by atoms with Crippen molar-refractivity contribution >= 4 is 21.8 Å². The number of fused-ring (bicyclic) bond motifs is 2. The minimum atomic E-state index is 0.129. The second-order valence-corrected chi connectivity index (χ2v) is 6.42. The maximum Gasteiger partial charge on any atom is 0.230 e. The van der Waals surface area contributed by atoms with Gasteiger partial charge in [-0.2, -0.15) is 0 Å². The van der Waals surface area contributed by atoms with Crippen molar-refractivity contribution in [2.45, 2.75) is 46.1 Å². The molecule has 3 atom stereocenters. The molecular weight excluding hydrogens is 254 g/mol. The molecule has 2 rings (SSSR count). The minimum absolute atomic E-state index is 0.129. The third-order valence-electron chi connectivity index (χ3n) is 5.25. The maximum atomic E-state index is 11.4. The number of amides is 1. The van der Waals surface area contributed by atoms with Gasteiger partial charge >= 0.3 is 0 Å². The van der Waals surface area contributed by atoms with Gasteiger partial charge in [0.1, 0.15) is 0 Å². The third-order valence-corrected chi connectivity index (χ3v) is 5.76. The lowest BCUT2D eigenvalue weighted by atomic mass is 9.69. The lowest BCUT2D eigenvalue weighted by Crippen LogP contribution is -2.47. The first-order valence-corrected chi connectivity index (χ1v) is 6.89. The van der Waals surface area contributed by atoms with E-state index in [0.29, 0.717) is 22.2 Å². The number of carbonyl (C=O) groups excluding carboxylic acids is 1. The number of nitrogens with one attached hydrogen (secondary N) is 1. The van der Waals surface area contributed by atoms with Crippen LogP contribution in [0.15, 0.2) is 0 Å². The van der Waals surface area contributed by atoms with Crippen LogP contribution in [0.3, 0.4) is 0 Å². The van der Waals surface area contributed by atoms with Crippen LogP contribution in [0.1, 0.15) is 40.0 Å². The van der Waals surface area contributed by atoms with Gasteiger partial charge in [0.2, 0.25) is 5.91 Å². The molecule has 1 N–H and O–H groups in total. The summed E-state index contributed by atoms with van der Waals surface area (Å²) in [7, 11) is 0. The summed E-state index contributed by atoms with van der Waals surface area (Å²) >= 11 is 3.21. The first kappa shape index (κ1) is 11.4. The Morgan fingerprint density at radius 1 is 1.47 bits per heavy atom. The number of carbonyl (C=O) groups is 1. The Morgan fingerprint density at radius 3 is 2.53 bits per heavy atom. The van der Waals surface area contributed by atoms with E-state index in [0.717, 1.165) is 5.92 Å². The SMILES string of the molecule is CC1(C)C2CCC1(C)[C@H](NC(=O)CBr)C2. The zero-order valence-corrected chi connectivity index (χ0v) is 11.4. The Morgan fingerprint density at radius 2 is 2.13 bits per heavy atom. The van der Waals surface area contributed by atoms with Crippen molar-refractivity contribution in [2.75, 3.05) is 5.33 Å². The Hall–Kier alpha value is -0.0500. The average Bonchev–Trinajstić information content (AvgIpc) is 2.50. The van der Waals surface area contributed by atoms with Crippen LogP contribution < -0.4 is 5.32 Å². The highest BCUT2D eigenvalue weighted by Gasteiger charge is 2.61. The van der Waals surface area contributed by atoms with E-state index in [9.17, 15) is 4.79 Å². The van der Waals surface area contributed by atoms with Crippen LogP contribution in [0.2, 0.25) is 0 Å². The fourth-order valence-electron chi connectivity index (χ4n) is 3.65. The molecule has 2 saturated carbocycles. The molecule has 2 bridgehead atoms. The highest BCUT2D eigenvalue weighted by Crippen LogP contribution is 2.65. The van der Waals surface area contributed by atoms with Gasteiger partial charge in [-0.3, -0.25) is 4.79 Å². The molecule has 0 radical (unpaired) electrons. The van der Waals surface area contributed by atoms with Gasteiger partial charge in [-0.05, 0) is 36.0 Å². The van der Waals surface area contributed by atoms with Crippen LogP contribution in [0.4, 0.5) is 0 Å². The molecule has 3 heteroatoms. The molecular formula is C12H20BrNO. The van der Waals surface area contributed by atoms with Crippen LogP contribution in [-0.4, -0.2) is 17.3 Å². The van der Waals surface area contributed by atoms with Crippen LogP contribution in [0.25, 0.3) is 0 Å². The molecule has 15 heavy (non-hydrogen) atoms. The van der Waals surface area contributed by atoms with Gasteiger partial charge in [-0.1, -0.05) is 36.7 Å². The summed E-state index contributed by atoms with van der Waals surface area (Å²) in [5.74, 6) is 0.924. The smallest absolute Gasteiger partial charge is 0.230 e. The van der Waals surface area contributed by atoms with Crippen molar-refractivity contribution < 1.29 is 4.79 Å². The predicted molar refractivity (Wildman–Crippen MR) is 65.0 cm³/mol. The molecule has 0 aliphatic heterocycles. The zero-order chi connectivity index (χ0) is 11.3. The summed E-state index contributed by atoms with van der Waals surface area (Å²) in [4.78, 5) is 11.4. The van der Waals surface area contributed by atoms with Crippen molar-refractivity contribution in [1.29, 1.82) is 0 Å². The molecule has 0 heterocycles. The summed E-state index contributed by atoms with van der Waals surface area (Å²) in [5.41, 5.74) is 0.687. The molecule has 1 amide bonds. The minimum Gasteiger partial charge on any atom is -0.352 e. The van der Waals surface area contributed by atoms with E-state index in [-0.39, 0.29) is 5.91 Å². The van der Waals surface area contributed by atoms with E-state index < -0.39 is 0 Å². The summed E-state index contributed by atoms with van der Waals surface area (Å²) in [6.45, 7) is 7.08. The molecule has 2 aliphatic carbocycles. The van der Waals surface area contributed by atoms with Gasteiger partial charge in [0.15, 0.2) is 0 Å². The molecule has 2 nitrogen and oxygen atoms in total. The van der Waals surface area contributed by atoms with E-state index in [2.05, 4.69) is 42.0 Å². The highest BCUT2D eigenvalue weighted by atomic mass is 79.9. The highest BCUT2D eigenvalue weighted by molar-refractivity contribution is 9.09. The van der Waals surface area contributed by atoms with E-state index in [1.54, 1.807) is 0 Å². The van der Waals surface area contributed by atoms with Crippen molar-refractivity contribution in [2.24, 2.45) is 16.7 Å². The molecule has 86 valence electrons. The van der Waals surface area contributed by atoms with Gasteiger partial charge in [0.25, 0.3) is 0 Å². The quantitative estimate of drug-likeness (QED) is 0.771. The molecule has 0 aromatic heterocycles. The van der Waals surface area contributed by atoms with Gasteiger partial charge < -0.3 is 5.32 Å². The van der Waals surface area contributed by atoms with Gasteiger partial charge in [0.05, 0.1) is 5.33 Å². The number of hydrogen-bond acceptors (Lipinski definition) is 1. The topological polar surface area (TPSA) is 29.1 Å². The molecule has 0 spiro atoms. The molecule has 2 fully saturated rings. The van der Waals surface area contributed by atoms with E-state index in [1.807, 2.05) is 0 Å². The molecule has 2 aliphatic rings. The lowest BCUT2D eigenvalue weighted by Gasteiger charge is -2.39. The number of halogens is 1. The van der Waals surface area contributed by atoms with Gasteiger partial charge in [-0.25, -0.2) is 0 Å². The zero-order valence-electron chi connectivity index (χ0n) is 9.77. The van der Waals surface area contributed by atoms with Crippen LogP contribution >= 0.6 is 15.9 Å². The number of rotatable bonds is 2. The molecule has 0 aromatic carbocycles. The molecule has 0 saturated heterocycles. The summed E-state index contributed by atoms with van der Waals surface area (Å²) in [6.07, 6.45) is 3.77. The summed E-state index contributed by atoms with van der Waals surface area (Å²) in [6, 6.07) is 0.385. The molecule has 2 unspecified atom stereocenters. The summed E-state index contributed by atoms with van der Waals surface area (Å²) < 4.78 is 0. The van der Waals surface area contributed by atoms with Gasteiger partial charge in [0, 0.05) is 6.04 Å². The largest absolute Gasteiger partial charge is 0.352 e. The average molecular weight is 274 g/mol. The van der Waals surface area contributed by atoms with Crippen LogP contribution in [-0.2, 0) is 4.79 Å². The first-order valence-electron chi connectivity index (χ1n) is 5.77. The second-order valence-electron chi connectivity index (χ2n) is 5.86. The van der Waals surface area contributed by atoms with E-state index in [1.165, 1.54) is 19.3 Å². The lowest BCUT2D eigenvalue weighted by molar-refractivity contribution is -0.120. The van der Waals surface area contributed by atoms with Crippen molar-refractivity contribution in [3.63, 3.8) is 0 Å². The standard InChI is InChI=1S/C12H20BrNO/c1-11(2)8-4-5-12(11,3)9(6-8)14-10(15)7-13/h8-9H,4-7H2,1-3H3,(H,14,15)/t8?,9-,12?/m1/s1. The number of alkyl halides is 1. The fourth-order valence-corrected chi connectivity index (χ4v) is 3.82. The van der Waals surface area contributed by atoms with Crippen molar-refractivity contribution in [1.82, 2.24) is 5.32 Å². The Balaban J connectivity index is 2.15. The fraction of sp³-hybridized carbons (Fsp3) is 0.917. The second kappa shape index (κ2) is 3.47. The normalized spacial score (nSPS) is 41.9. The number of hydrogen-bond donors (Lipinski definition) is 1. The Kier molecular flexibility index (Phi) is 2.65. The third kappa shape index (κ3) is 1.46.